The zero-order valence-electron chi connectivity index (χ0n) is 27.7. The van der Waals surface area contributed by atoms with Gasteiger partial charge in [-0.3, -0.25) is 38.6 Å². The molecule has 11 heteroatoms. The predicted molar refractivity (Wildman–Crippen MR) is 199 cm³/mol. The number of nitrogens with two attached hydrogens (primary N) is 1. The lowest BCUT2D eigenvalue weighted by atomic mass is 10.2. The number of carbonyl (C=O) groups is 6. The molecule has 0 fully saturated rings. The normalized spacial score (nSPS) is 13.3. The van der Waals surface area contributed by atoms with Crippen LogP contribution in [0.25, 0.3) is 12.2 Å². The summed E-state index contributed by atoms with van der Waals surface area (Å²) in [4.78, 5) is 69.4. The maximum atomic E-state index is 11.7. The van der Waals surface area contributed by atoms with E-state index in [1.165, 1.54) is 39.7 Å². The van der Waals surface area contributed by atoms with E-state index in [2.05, 4.69) is 5.32 Å². The first kappa shape index (κ1) is 43.1. The number of nitrogens with one attached hydrogen (secondary N) is 1. The summed E-state index contributed by atoms with van der Waals surface area (Å²) < 4.78 is 0. The molecule has 0 atom stereocenters. The number of rotatable bonds is 17. The Labute approximate surface area is 300 Å². The summed E-state index contributed by atoms with van der Waals surface area (Å²) >= 11 is 5.16. The van der Waals surface area contributed by atoms with E-state index in [1.54, 1.807) is 0 Å². The highest BCUT2D eigenvalue weighted by atomic mass is 35.5. The summed E-state index contributed by atoms with van der Waals surface area (Å²) in [6.07, 6.45) is 18.2. The van der Waals surface area contributed by atoms with Crippen molar-refractivity contribution in [2.45, 2.75) is 58.8 Å². The fourth-order valence-electron chi connectivity index (χ4n) is 4.53. The zero-order valence-corrected chi connectivity index (χ0v) is 28.4. The molecule has 2 aliphatic rings. The van der Waals surface area contributed by atoms with E-state index < -0.39 is 0 Å². The smallest absolute Gasteiger partial charge is 0.253 e. The number of halogens is 1. The third kappa shape index (κ3) is 18.6. The number of imide groups is 2. The van der Waals surface area contributed by atoms with Crippen LogP contribution in [0, 0.1) is 0 Å². The van der Waals surface area contributed by atoms with Crippen LogP contribution in [0.4, 0.5) is 0 Å². The minimum atomic E-state index is -0.343. The molecule has 10 nitrogen and oxygen atoms in total. The summed E-state index contributed by atoms with van der Waals surface area (Å²) in [5, 5.41) is 2.50. The molecule has 4 rings (SSSR count). The van der Waals surface area contributed by atoms with Crippen LogP contribution in [-0.2, 0) is 28.8 Å². The van der Waals surface area contributed by atoms with Crippen molar-refractivity contribution in [3.05, 3.63) is 108 Å². The second-order valence-corrected chi connectivity index (χ2v) is 11.4. The van der Waals surface area contributed by atoms with Gasteiger partial charge in [-0.2, -0.15) is 0 Å². The second-order valence-electron chi connectivity index (χ2n) is 11.0. The Balaban J connectivity index is 0.000000410. The van der Waals surface area contributed by atoms with Crippen molar-refractivity contribution >= 4 is 58.5 Å². The minimum Gasteiger partial charge on any atom is -0.353 e. The Bertz CT molecular complexity index is 1450. The molecule has 0 saturated carbocycles. The molecular weight excluding hydrogens is 656 g/mol. The maximum absolute atomic E-state index is 11.7. The molecular formula is C39H49ClN4O6. The summed E-state index contributed by atoms with van der Waals surface area (Å²) in [6.45, 7) is 1.96. The molecule has 2 aromatic carbocycles. The molecule has 0 aromatic heterocycles. The molecule has 3 N–H and O–H groups in total. The van der Waals surface area contributed by atoms with Gasteiger partial charge in [0.25, 0.3) is 23.6 Å². The number of hydrogen-bond donors (Lipinski definition) is 2. The standard InChI is InChI=1S/C19H22N2O3.C10H12ClNO3.C9H11N.CH4/c22-17(20-14-7-10-16-8-3-1-4-9-16)11-5-2-6-15-21-18(23)12-13-19(21)24;11-8(13)4-2-1-3-7-12-9(14)5-6-10(12)15;10-8-4-7-9-5-2-1-3-6-9;/h1,3-4,7-10,12-13H,2,5-6,11,14-15H2,(H,20,22);5-6H,1-4,7H2;1-7H,8,10H2;1H4/b10-7+;;7-4+;. The lowest BCUT2D eigenvalue weighted by Gasteiger charge is -2.12. The van der Waals surface area contributed by atoms with Crippen molar-refractivity contribution in [1.29, 1.82) is 0 Å². The highest BCUT2D eigenvalue weighted by molar-refractivity contribution is 6.63. The monoisotopic (exact) mass is 704 g/mol. The van der Waals surface area contributed by atoms with E-state index in [0.717, 1.165) is 31.2 Å². The topological polar surface area (TPSA) is 147 Å². The number of benzene rings is 2. The summed E-state index contributed by atoms with van der Waals surface area (Å²) in [5.41, 5.74) is 7.60. The Morgan fingerprint density at radius 1 is 0.620 bits per heavy atom. The van der Waals surface area contributed by atoms with Gasteiger partial charge in [-0.1, -0.05) is 105 Å². The molecule has 268 valence electrons. The van der Waals surface area contributed by atoms with E-state index in [-0.39, 0.29) is 42.2 Å². The van der Waals surface area contributed by atoms with E-state index in [4.69, 9.17) is 17.3 Å². The fourth-order valence-corrected chi connectivity index (χ4v) is 4.67. The van der Waals surface area contributed by atoms with Gasteiger partial charge in [-0.15, -0.1) is 0 Å². The number of carbonyl (C=O) groups excluding carboxylic acids is 6. The zero-order chi connectivity index (χ0) is 35.7. The van der Waals surface area contributed by atoms with Crippen molar-refractivity contribution in [3.8, 4) is 0 Å². The quantitative estimate of drug-likeness (QED) is 0.120. The van der Waals surface area contributed by atoms with Gasteiger partial charge in [-0.05, 0) is 48.4 Å². The molecule has 2 heterocycles. The van der Waals surface area contributed by atoms with Crippen LogP contribution in [0.15, 0.2) is 97.1 Å². The van der Waals surface area contributed by atoms with Crippen LogP contribution in [0.5, 0.6) is 0 Å². The SMILES string of the molecule is C.NC/C=C/c1ccccc1.O=C(CCCCCN1C(=O)C=CC1=O)NC/C=C/c1ccccc1.O=C(Cl)CCCCCN1C(=O)C=CC1=O. The average molecular weight is 705 g/mol. The first-order valence-electron chi connectivity index (χ1n) is 16.4. The average Bonchev–Trinajstić information content (AvgIpc) is 3.60. The predicted octanol–water partition coefficient (Wildman–Crippen LogP) is 5.83. The minimum absolute atomic E-state index is 0. The molecule has 0 radical (unpaired) electrons. The van der Waals surface area contributed by atoms with Gasteiger partial charge in [0, 0.05) is 63.3 Å². The van der Waals surface area contributed by atoms with Crippen LogP contribution in [0.1, 0.15) is 69.9 Å². The van der Waals surface area contributed by atoms with Crippen molar-refractivity contribution in [1.82, 2.24) is 15.1 Å². The third-order valence-corrected chi connectivity index (χ3v) is 7.30. The fraction of sp³-hybridized carbons (Fsp3) is 0.333. The number of amides is 5. The van der Waals surface area contributed by atoms with Gasteiger partial charge in [-0.25, -0.2) is 0 Å². The van der Waals surface area contributed by atoms with Crippen LogP contribution in [0.3, 0.4) is 0 Å². The van der Waals surface area contributed by atoms with E-state index in [1.807, 2.05) is 85.0 Å². The van der Waals surface area contributed by atoms with Crippen LogP contribution in [-0.4, -0.2) is 70.8 Å². The molecule has 50 heavy (non-hydrogen) atoms. The molecule has 0 aliphatic carbocycles. The van der Waals surface area contributed by atoms with Gasteiger partial charge < -0.3 is 11.1 Å². The van der Waals surface area contributed by atoms with Gasteiger partial charge in [0.05, 0.1) is 0 Å². The van der Waals surface area contributed by atoms with Crippen LogP contribution < -0.4 is 11.1 Å². The summed E-state index contributed by atoms with van der Waals surface area (Å²) in [7, 11) is 0. The first-order chi connectivity index (χ1) is 23.7. The molecule has 0 spiro atoms. The van der Waals surface area contributed by atoms with Crippen LogP contribution in [0.2, 0.25) is 0 Å². The van der Waals surface area contributed by atoms with Gasteiger partial charge in [0.1, 0.15) is 0 Å². The highest BCUT2D eigenvalue weighted by Crippen LogP contribution is 2.09. The molecule has 2 aromatic rings. The number of hydrogen-bond acceptors (Lipinski definition) is 7. The summed E-state index contributed by atoms with van der Waals surface area (Å²) in [6, 6.07) is 20.0. The van der Waals surface area contributed by atoms with Crippen molar-refractivity contribution < 1.29 is 28.8 Å². The Morgan fingerprint density at radius 2 is 1.04 bits per heavy atom. The Kier molecular flexibility index (Phi) is 22.4. The molecule has 0 unspecified atom stereocenters. The van der Waals surface area contributed by atoms with Crippen molar-refractivity contribution in [2.75, 3.05) is 26.2 Å². The van der Waals surface area contributed by atoms with Gasteiger partial charge >= 0.3 is 0 Å². The molecule has 0 bridgehead atoms. The van der Waals surface area contributed by atoms with E-state index in [9.17, 15) is 28.8 Å². The highest BCUT2D eigenvalue weighted by Gasteiger charge is 2.23. The second kappa shape index (κ2) is 26.0. The van der Waals surface area contributed by atoms with Crippen LogP contribution >= 0.6 is 11.6 Å². The Morgan fingerprint density at radius 3 is 1.46 bits per heavy atom. The molecule has 2 aliphatic heterocycles. The Hall–Kier alpha value is -4.93. The van der Waals surface area contributed by atoms with Gasteiger partial charge in [0.15, 0.2) is 0 Å². The number of nitrogens with zero attached hydrogens (tertiary/aromatic N) is 2. The largest absolute Gasteiger partial charge is 0.353 e. The van der Waals surface area contributed by atoms with E-state index in [0.29, 0.717) is 51.9 Å². The van der Waals surface area contributed by atoms with E-state index >= 15 is 0 Å². The lowest BCUT2D eigenvalue weighted by Crippen LogP contribution is -2.30. The maximum Gasteiger partial charge on any atom is 0.253 e. The van der Waals surface area contributed by atoms with Gasteiger partial charge in [0.2, 0.25) is 11.1 Å². The molecule has 0 saturated heterocycles. The third-order valence-electron chi connectivity index (χ3n) is 7.11. The van der Waals surface area contributed by atoms with Crippen molar-refractivity contribution in [3.63, 3.8) is 0 Å². The summed E-state index contributed by atoms with van der Waals surface area (Å²) in [5.74, 6) is -0.990. The van der Waals surface area contributed by atoms with Crippen molar-refractivity contribution in [2.24, 2.45) is 5.73 Å². The number of unbranched alkanes of at least 4 members (excludes halogenated alkanes) is 4. The molecule has 5 amide bonds. The lowest BCUT2D eigenvalue weighted by molar-refractivity contribution is -0.138. The first-order valence-corrected chi connectivity index (χ1v) is 16.7.